The van der Waals surface area contributed by atoms with Crippen LogP contribution < -0.4 is 0 Å². The average Bonchev–Trinajstić information content (AvgIpc) is 2.58. The molecule has 6 nitrogen and oxygen atoms in total. The molecule has 0 unspecified atom stereocenters. The number of hydrogen-bond acceptors (Lipinski definition) is 3. The Morgan fingerprint density at radius 2 is 2.12 bits per heavy atom. The Kier molecular flexibility index (Phi) is 2.55. The maximum atomic E-state index is 11.0. The first-order valence-electron chi connectivity index (χ1n) is 4.92. The summed E-state index contributed by atoms with van der Waals surface area (Å²) in [6, 6.07) is 3.48. The molecule has 2 heterocycles. The van der Waals surface area contributed by atoms with Crippen LogP contribution in [0.4, 0.5) is 0 Å². The highest BCUT2D eigenvalue weighted by molar-refractivity contribution is 5.95. The number of rotatable bonds is 3. The minimum Gasteiger partial charge on any atom is -0.481 e. The van der Waals surface area contributed by atoms with E-state index in [1.165, 1.54) is 4.40 Å². The van der Waals surface area contributed by atoms with E-state index in [1.54, 1.807) is 25.3 Å². The SMILES string of the molecule is Cc1cccn2c(CC(=O)O)nc(C(=O)O)c12. The number of carbonyl (C=O) groups is 2. The van der Waals surface area contributed by atoms with Crippen LogP contribution in [-0.2, 0) is 11.2 Å². The van der Waals surface area contributed by atoms with Gasteiger partial charge in [0.25, 0.3) is 0 Å². The molecule has 2 aromatic rings. The van der Waals surface area contributed by atoms with Gasteiger partial charge in [0.05, 0.1) is 5.52 Å². The molecule has 0 aliphatic rings. The van der Waals surface area contributed by atoms with E-state index in [1.807, 2.05) is 0 Å². The monoisotopic (exact) mass is 234 g/mol. The lowest BCUT2D eigenvalue weighted by molar-refractivity contribution is -0.136. The van der Waals surface area contributed by atoms with Crippen LogP contribution in [0.3, 0.4) is 0 Å². The zero-order chi connectivity index (χ0) is 12.6. The first-order chi connectivity index (χ1) is 8.00. The molecule has 0 saturated heterocycles. The number of imidazole rings is 1. The molecule has 0 amide bonds. The van der Waals surface area contributed by atoms with Crippen molar-refractivity contribution in [3.05, 3.63) is 35.4 Å². The van der Waals surface area contributed by atoms with Crippen LogP contribution in [0, 0.1) is 6.92 Å². The normalized spacial score (nSPS) is 10.6. The number of carboxylic acids is 2. The predicted molar refractivity (Wildman–Crippen MR) is 58.2 cm³/mol. The third-order valence-electron chi connectivity index (χ3n) is 2.45. The molecule has 2 aromatic heterocycles. The van der Waals surface area contributed by atoms with Gasteiger partial charge in [0.15, 0.2) is 5.69 Å². The molecule has 0 fully saturated rings. The number of pyridine rings is 1. The van der Waals surface area contributed by atoms with Gasteiger partial charge >= 0.3 is 11.9 Å². The van der Waals surface area contributed by atoms with Crippen molar-refractivity contribution >= 4 is 17.5 Å². The molecule has 0 aliphatic carbocycles. The Balaban J connectivity index is 2.75. The summed E-state index contributed by atoms with van der Waals surface area (Å²) in [5, 5.41) is 17.8. The number of nitrogens with zero attached hydrogens (tertiary/aromatic N) is 2. The average molecular weight is 234 g/mol. The number of carboxylic acid groups (broad SMARTS) is 2. The van der Waals surface area contributed by atoms with E-state index in [9.17, 15) is 9.59 Å². The van der Waals surface area contributed by atoms with Crippen molar-refractivity contribution in [3.63, 3.8) is 0 Å². The highest BCUT2D eigenvalue weighted by Gasteiger charge is 2.19. The largest absolute Gasteiger partial charge is 0.481 e. The predicted octanol–water partition coefficient (Wildman–Crippen LogP) is 0.968. The van der Waals surface area contributed by atoms with Gasteiger partial charge in [-0.3, -0.25) is 4.79 Å². The second kappa shape index (κ2) is 3.89. The minimum atomic E-state index is -1.16. The van der Waals surface area contributed by atoms with Crippen LogP contribution in [0.5, 0.6) is 0 Å². The van der Waals surface area contributed by atoms with E-state index >= 15 is 0 Å². The Bertz CT molecular complexity index is 615. The summed E-state index contributed by atoms with van der Waals surface area (Å²) in [6.45, 7) is 1.76. The number of aromatic nitrogens is 2. The fourth-order valence-electron chi connectivity index (χ4n) is 1.78. The van der Waals surface area contributed by atoms with E-state index in [0.29, 0.717) is 5.52 Å². The molecule has 0 aromatic carbocycles. The molecule has 0 radical (unpaired) electrons. The van der Waals surface area contributed by atoms with E-state index in [2.05, 4.69) is 4.98 Å². The second-order valence-corrected chi connectivity index (χ2v) is 3.66. The Morgan fingerprint density at radius 3 is 2.71 bits per heavy atom. The van der Waals surface area contributed by atoms with Crippen molar-refractivity contribution < 1.29 is 19.8 Å². The molecule has 17 heavy (non-hydrogen) atoms. The molecule has 0 spiro atoms. The highest BCUT2D eigenvalue weighted by atomic mass is 16.4. The molecule has 2 N–H and O–H groups in total. The number of aromatic carboxylic acids is 1. The molecule has 0 aliphatic heterocycles. The van der Waals surface area contributed by atoms with Crippen molar-refractivity contribution in [2.45, 2.75) is 13.3 Å². The van der Waals surface area contributed by atoms with Gasteiger partial charge in [-0.2, -0.15) is 0 Å². The Labute approximate surface area is 96.1 Å². The lowest BCUT2D eigenvalue weighted by atomic mass is 10.2. The van der Waals surface area contributed by atoms with Gasteiger partial charge in [-0.15, -0.1) is 0 Å². The molecule has 0 atom stereocenters. The van der Waals surface area contributed by atoms with Gasteiger partial charge in [-0.1, -0.05) is 6.07 Å². The van der Waals surface area contributed by atoms with Crippen molar-refractivity contribution in [1.82, 2.24) is 9.38 Å². The van der Waals surface area contributed by atoms with Crippen LogP contribution in [0.15, 0.2) is 18.3 Å². The van der Waals surface area contributed by atoms with Crippen LogP contribution in [-0.4, -0.2) is 31.5 Å². The molecular formula is C11H10N2O4. The quantitative estimate of drug-likeness (QED) is 0.825. The maximum Gasteiger partial charge on any atom is 0.356 e. The van der Waals surface area contributed by atoms with Crippen LogP contribution in [0.2, 0.25) is 0 Å². The Hall–Kier alpha value is -2.37. The summed E-state index contributed by atoms with van der Waals surface area (Å²) in [5.41, 5.74) is 1.07. The number of aryl methyl sites for hydroxylation is 1. The first-order valence-corrected chi connectivity index (χ1v) is 4.92. The summed E-state index contributed by atoms with van der Waals surface area (Å²) in [6.07, 6.45) is 1.30. The van der Waals surface area contributed by atoms with Crippen molar-refractivity contribution in [2.75, 3.05) is 0 Å². The smallest absolute Gasteiger partial charge is 0.356 e. The van der Waals surface area contributed by atoms with Gasteiger partial charge in [0.2, 0.25) is 0 Å². The third-order valence-corrected chi connectivity index (χ3v) is 2.45. The molecule has 88 valence electrons. The van der Waals surface area contributed by atoms with Crippen LogP contribution in [0.1, 0.15) is 21.9 Å². The number of fused-ring (bicyclic) bond motifs is 1. The van der Waals surface area contributed by atoms with Gasteiger partial charge in [-0.25, -0.2) is 9.78 Å². The van der Waals surface area contributed by atoms with Crippen LogP contribution >= 0.6 is 0 Å². The standard InChI is InChI=1S/C11H10N2O4/c1-6-3-2-4-13-7(5-8(14)15)12-9(10(6)13)11(16)17/h2-4H,5H2,1H3,(H,14,15)(H,16,17). The summed E-state index contributed by atoms with van der Waals surface area (Å²) < 4.78 is 1.51. The lowest BCUT2D eigenvalue weighted by Gasteiger charge is -2.00. The van der Waals surface area contributed by atoms with E-state index in [4.69, 9.17) is 10.2 Å². The zero-order valence-corrected chi connectivity index (χ0v) is 9.04. The van der Waals surface area contributed by atoms with Crippen molar-refractivity contribution in [2.24, 2.45) is 0 Å². The van der Waals surface area contributed by atoms with E-state index in [0.717, 1.165) is 5.56 Å². The molecule has 2 rings (SSSR count). The third kappa shape index (κ3) is 1.84. The lowest BCUT2D eigenvalue weighted by Crippen LogP contribution is -2.04. The molecule has 0 saturated carbocycles. The minimum absolute atomic E-state index is 0.112. The van der Waals surface area contributed by atoms with E-state index < -0.39 is 11.9 Å². The topological polar surface area (TPSA) is 91.9 Å². The van der Waals surface area contributed by atoms with Crippen molar-refractivity contribution in [1.29, 1.82) is 0 Å². The van der Waals surface area contributed by atoms with Gasteiger partial charge in [0.1, 0.15) is 12.2 Å². The summed E-state index contributed by atoms with van der Waals surface area (Å²) in [5.74, 6) is -1.99. The Morgan fingerprint density at radius 1 is 1.41 bits per heavy atom. The zero-order valence-electron chi connectivity index (χ0n) is 9.04. The maximum absolute atomic E-state index is 11.0. The fraction of sp³-hybridized carbons (Fsp3) is 0.182. The van der Waals surface area contributed by atoms with Gasteiger partial charge < -0.3 is 14.6 Å². The highest BCUT2D eigenvalue weighted by Crippen LogP contribution is 2.17. The summed E-state index contributed by atoms with van der Waals surface area (Å²) in [4.78, 5) is 25.6. The fourth-order valence-corrected chi connectivity index (χ4v) is 1.78. The summed E-state index contributed by atoms with van der Waals surface area (Å²) in [7, 11) is 0. The molecular weight excluding hydrogens is 224 g/mol. The van der Waals surface area contributed by atoms with E-state index in [-0.39, 0.29) is 17.9 Å². The number of aliphatic carboxylic acids is 1. The van der Waals surface area contributed by atoms with Gasteiger partial charge in [-0.05, 0) is 18.6 Å². The molecule has 6 heteroatoms. The number of hydrogen-bond donors (Lipinski definition) is 2. The van der Waals surface area contributed by atoms with Crippen molar-refractivity contribution in [3.8, 4) is 0 Å². The van der Waals surface area contributed by atoms with Crippen LogP contribution in [0.25, 0.3) is 5.52 Å². The first kappa shape index (κ1) is 11.1. The summed E-state index contributed by atoms with van der Waals surface area (Å²) >= 11 is 0. The second-order valence-electron chi connectivity index (χ2n) is 3.66. The van der Waals surface area contributed by atoms with Gasteiger partial charge in [0, 0.05) is 6.20 Å². The molecule has 0 bridgehead atoms.